The van der Waals surface area contributed by atoms with Crippen LogP contribution in [0.1, 0.15) is 10.4 Å². The molecule has 3 N–H and O–H groups in total. The molecular weight excluding hydrogens is 365 g/mol. The maximum atomic E-state index is 12.1. The van der Waals surface area contributed by atoms with Crippen LogP contribution in [-0.4, -0.2) is 10.9 Å². The molecule has 0 atom stereocenters. The van der Waals surface area contributed by atoms with E-state index in [4.69, 9.17) is 17.3 Å². The average molecular weight is 374 g/mol. The first kappa shape index (κ1) is 13.1. The Balaban J connectivity index is 2.28. The van der Waals surface area contributed by atoms with Crippen molar-refractivity contribution in [2.45, 2.75) is 0 Å². The van der Waals surface area contributed by atoms with E-state index < -0.39 is 0 Å². The summed E-state index contributed by atoms with van der Waals surface area (Å²) in [6, 6.07) is 8.49. The van der Waals surface area contributed by atoms with E-state index in [1.165, 1.54) is 0 Å². The van der Waals surface area contributed by atoms with E-state index in [-0.39, 0.29) is 5.91 Å². The van der Waals surface area contributed by atoms with Crippen molar-refractivity contribution in [2.75, 3.05) is 11.1 Å². The normalized spacial score (nSPS) is 10.1. The number of carbonyl (C=O) groups excluding carboxylic acids is 1. The number of halogens is 2. The molecule has 0 aliphatic rings. The van der Waals surface area contributed by atoms with Crippen LogP contribution in [0.2, 0.25) is 5.02 Å². The lowest BCUT2D eigenvalue weighted by Crippen LogP contribution is -2.15. The largest absolute Gasteiger partial charge is 0.396 e. The predicted molar refractivity (Wildman–Crippen MR) is 80.8 cm³/mol. The second-order valence-electron chi connectivity index (χ2n) is 3.52. The molecule has 0 bridgehead atoms. The monoisotopic (exact) mass is 373 g/mol. The Morgan fingerprint density at radius 2 is 2.17 bits per heavy atom. The van der Waals surface area contributed by atoms with E-state index in [2.05, 4.69) is 32.9 Å². The van der Waals surface area contributed by atoms with Crippen molar-refractivity contribution in [3.05, 3.63) is 50.7 Å². The summed E-state index contributed by atoms with van der Waals surface area (Å²) in [5.41, 5.74) is 6.62. The van der Waals surface area contributed by atoms with E-state index in [1.54, 1.807) is 36.5 Å². The topological polar surface area (TPSA) is 68.0 Å². The third-order valence-electron chi connectivity index (χ3n) is 2.24. The van der Waals surface area contributed by atoms with Crippen LogP contribution in [0, 0.1) is 3.57 Å². The van der Waals surface area contributed by atoms with Gasteiger partial charge in [0, 0.05) is 14.8 Å². The fraction of sp³-hybridized carbons (Fsp3) is 0. The number of nitrogens with two attached hydrogens (primary N) is 1. The Hall–Kier alpha value is -1.34. The number of nitrogens with zero attached hydrogens (tertiary/aromatic N) is 1. The van der Waals surface area contributed by atoms with Crippen LogP contribution < -0.4 is 11.1 Å². The minimum absolute atomic E-state index is 0.285. The molecule has 6 heteroatoms. The predicted octanol–water partition coefficient (Wildman–Crippen LogP) is 3.17. The highest BCUT2D eigenvalue weighted by atomic mass is 127. The number of hydrogen-bond donors (Lipinski definition) is 2. The summed E-state index contributed by atoms with van der Waals surface area (Å²) in [5.74, 6) is 0.0607. The highest BCUT2D eigenvalue weighted by molar-refractivity contribution is 14.1. The van der Waals surface area contributed by atoms with Crippen molar-refractivity contribution in [1.82, 2.24) is 4.98 Å². The van der Waals surface area contributed by atoms with Crippen molar-refractivity contribution in [3.63, 3.8) is 0 Å². The molecule has 0 aliphatic carbocycles. The van der Waals surface area contributed by atoms with Gasteiger partial charge in [0.2, 0.25) is 0 Å². The standard InChI is InChI=1S/C12H9ClIN3O/c13-7-3-4-9(14)8(6-7)12(18)17-11-10(15)2-1-5-16-11/h1-6H,15H2,(H,16,17,18). The summed E-state index contributed by atoms with van der Waals surface area (Å²) in [6.45, 7) is 0. The zero-order valence-corrected chi connectivity index (χ0v) is 12.1. The number of pyridine rings is 1. The lowest BCUT2D eigenvalue weighted by atomic mass is 10.2. The Morgan fingerprint density at radius 1 is 1.39 bits per heavy atom. The van der Waals surface area contributed by atoms with Crippen molar-refractivity contribution in [1.29, 1.82) is 0 Å². The molecule has 0 saturated carbocycles. The van der Waals surface area contributed by atoms with Gasteiger partial charge in [0.15, 0.2) is 5.82 Å². The van der Waals surface area contributed by atoms with Gasteiger partial charge in [0.25, 0.3) is 5.91 Å². The first-order valence-corrected chi connectivity index (χ1v) is 6.50. The number of aromatic nitrogens is 1. The SMILES string of the molecule is Nc1cccnc1NC(=O)c1cc(Cl)ccc1I. The van der Waals surface area contributed by atoms with Gasteiger partial charge < -0.3 is 11.1 Å². The smallest absolute Gasteiger partial charge is 0.258 e. The number of nitrogen functional groups attached to an aromatic ring is 1. The molecule has 0 saturated heterocycles. The zero-order valence-electron chi connectivity index (χ0n) is 9.15. The Kier molecular flexibility index (Phi) is 4.03. The minimum atomic E-state index is -0.285. The molecule has 4 nitrogen and oxygen atoms in total. The minimum Gasteiger partial charge on any atom is -0.396 e. The molecule has 1 amide bonds. The molecular formula is C12H9ClIN3O. The molecule has 2 rings (SSSR count). The molecule has 1 heterocycles. The van der Waals surface area contributed by atoms with E-state index in [0.29, 0.717) is 22.1 Å². The third-order valence-corrected chi connectivity index (χ3v) is 3.42. The molecule has 1 aromatic carbocycles. The maximum absolute atomic E-state index is 12.1. The van der Waals surface area contributed by atoms with Gasteiger partial charge in [-0.1, -0.05) is 11.6 Å². The number of carbonyl (C=O) groups is 1. The lowest BCUT2D eigenvalue weighted by molar-refractivity contribution is 0.102. The second-order valence-corrected chi connectivity index (χ2v) is 5.12. The fourth-order valence-electron chi connectivity index (χ4n) is 1.37. The highest BCUT2D eigenvalue weighted by Crippen LogP contribution is 2.20. The molecule has 92 valence electrons. The van der Waals surface area contributed by atoms with E-state index in [9.17, 15) is 4.79 Å². The van der Waals surface area contributed by atoms with Crippen molar-refractivity contribution in [3.8, 4) is 0 Å². The Morgan fingerprint density at radius 3 is 2.89 bits per heavy atom. The molecule has 1 aromatic heterocycles. The molecule has 0 radical (unpaired) electrons. The first-order valence-electron chi connectivity index (χ1n) is 5.05. The van der Waals surface area contributed by atoms with Crippen LogP contribution in [0.3, 0.4) is 0 Å². The van der Waals surface area contributed by atoms with Crippen LogP contribution in [-0.2, 0) is 0 Å². The number of hydrogen-bond acceptors (Lipinski definition) is 3. The van der Waals surface area contributed by atoms with Crippen LogP contribution in [0.4, 0.5) is 11.5 Å². The maximum Gasteiger partial charge on any atom is 0.258 e. The van der Waals surface area contributed by atoms with Gasteiger partial charge in [-0.15, -0.1) is 0 Å². The molecule has 0 unspecified atom stereocenters. The summed E-state index contributed by atoms with van der Waals surface area (Å²) >= 11 is 7.94. The fourth-order valence-corrected chi connectivity index (χ4v) is 2.12. The Labute approximate surface area is 123 Å². The van der Waals surface area contributed by atoms with Crippen LogP contribution in [0.25, 0.3) is 0 Å². The number of rotatable bonds is 2. The van der Waals surface area contributed by atoms with Crippen LogP contribution >= 0.6 is 34.2 Å². The number of benzene rings is 1. The number of nitrogens with one attached hydrogen (secondary N) is 1. The van der Waals surface area contributed by atoms with E-state index >= 15 is 0 Å². The van der Waals surface area contributed by atoms with Crippen molar-refractivity contribution < 1.29 is 4.79 Å². The van der Waals surface area contributed by atoms with E-state index in [0.717, 1.165) is 3.57 Å². The number of anilines is 2. The van der Waals surface area contributed by atoms with Gasteiger partial charge in [-0.2, -0.15) is 0 Å². The van der Waals surface area contributed by atoms with Gasteiger partial charge in [-0.3, -0.25) is 4.79 Å². The van der Waals surface area contributed by atoms with Gasteiger partial charge in [-0.25, -0.2) is 4.98 Å². The van der Waals surface area contributed by atoms with Crippen molar-refractivity contribution in [2.24, 2.45) is 0 Å². The average Bonchev–Trinajstić information content (AvgIpc) is 2.35. The second kappa shape index (κ2) is 5.53. The van der Waals surface area contributed by atoms with Gasteiger partial charge >= 0.3 is 0 Å². The van der Waals surface area contributed by atoms with Gasteiger partial charge in [0.1, 0.15) is 0 Å². The summed E-state index contributed by atoms with van der Waals surface area (Å²) < 4.78 is 0.809. The zero-order chi connectivity index (χ0) is 13.1. The molecule has 2 aromatic rings. The van der Waals surface area contributed by atoms with Crippen LogP contribution in [0.15, 0.2) is 36.5 Å². The van der Waals surface area contributed by atoms with Gasteiger partial charge in [0.05, 0.1) is 11.3 Å². The summed E-state index contributed by atoms with van der Waals surface area (Å²) in [5, 5.41) is 3.16. The molecule has 0 aliphatic heterocycles. The number of amides is 1. The lowest BCUT2D eigenvalue weighted by Gasteiger charge is -2.08. The molecule has 0 fully saturated rings. The molecule has 0 spiro atoms. The van der Waals surface area contributed by atoms with Crippen LogP contribution in [0.5, 0.6) is 0 Å². The third kappa shape index (κ3) is 2.91. The summed E-state index contributed by atoms with van der Waals surface area (Å²) in [7, 11) is 0. The van der Waals surface area contributed by atoms with Gasteiger partial charge in [-0.05, 0) is 52.9 Å². The summed E-state index contributed by atoms with van der Waals surface area (Å²) in [4.78, 5) is 16.1. The molecule has 18 heavy (non-hydrogen) atoms. The quantitative estimate of drug-likeness (QED) is 0.795. The highest BCUT2D eigenvalue weighted by Gasteiger charge is 2.12. The summed E-state index contributed by atoms with van der Waals surface area (Å²) in [6.07, 6.45) is 1.56. The first-order chi connectivity index (χ1) is 8.58. The van der Waals surface area contributed by atoms with Crippen molar-refractivity contribution >= 4 is 51.6 Å². The van der Waals surface area contributed by atoms with E-state index in [1.807, 2.05) is 0 Å². The Bertz CT molecular complexity index is 604.